The fraction of sp³-hybridized carbons (Fsp3) is 0.765. The minimum atomic E-state index is 0.861. The molecule has 0 nitrogen and oxygen atoms in total. The SMILES string of the molecule is CC1=CCC(C)CC1.CCC(C)CC=C(C)C. The summed E-state index contributed by atoms with van der Waals surface area (Å²) >= 11 is 0. The molecule has 17 heavy (non-hydrogen) atoms. The van der Waals surface area contributed by atoms with E-state index in [1.165, 1.54) is 37.7 Å². The molecule has 0 N–H and O–H groups in total. The maximum absolute atomic E-state index is 2.37. The van der Waals surface area contributed by atoms with Crippen LogP contribution in [0.4, 0.5) is 0 Å². The molecular formula is C17H32. The van der Waals surface area contributed by atoms with Gasteiger partial charge >= 0.3 is 0 Å². The monoisotopic (exact) mass is 236 g/mol. The molecule has 0 heteroatoms. The molecule has 0 saturated heterocycles. The van der Waals surface area contributed by atoms with Gasteiger partial charge in [-0.3, -0.25) is 0 Å². The van der Waals surface area contributed by atoms with Crippen molar-refractivity contribution in [3.8, 4) is 0 Å². The summed E-state index contributed by atoms with van der Waals surface area (Å²) in [5.74, 6) is 1.80. The number of hydrogen-bond donors (Lipinski definition) is 0. The summed E-state index contributed by atoms with van der Waals surface area (Å²) in [4.78, 5) is 0. The fourth-order valence-corrected chi connectivity index (χ4v) is 1.70. The van der Waals surface area contributed by atoms with Gasteiger partial charge in [0.1, 0.15) is 0 Å². The molecule has 0 aromatic heterocycles. The Labute approximate surface area is 109 Å². The lowest BCUT2D eigenvalue weighted by Crippen LogP contribution is -1.98. The second-order valence-corrected chi connectivity index (χ2v) is 5.96. The quantitative estimate of drug-likeness (QED) is 0.516. The van der Waals surface area contributed by atoms with E-state index < -0.39 is 0 Å². The maximum Gasteiger partial charge on any atom is -0.0320 e. The van der Waals surface area contributed by atoms with Crippen molar-refractivity contribution in [3.05, 3.63) is 23.3 Å². The second-order valence-electron chi connectivity index (χ2n) is 5.96. The Kier molecular flexibility index (Phi) is 9.21. The highest BCUT2D eigenvalue weighted by Crippen LogP contribution is 2.21. The third-order valence-corrected chi connectivity index (χ3v) is 3.53. The smallest absolute Gasteiger partial charge is 0.0320 e. The predicted molar refractivity (Wildman–Crippen MR) is 80.3 cm³/mol. The van der Waals surface area contributed by atoms with E-state index in [-0.39, 0.29) is 0 Å². The zero-order valence-corrected chi connectivity index (χ0v) is 12.8. The minimum Gasteiger partial charge on any atom is -0.0856 e. The van der Waals surface area contributed by atoms with Gasteiger partial charge in [-0.25, -0.2) is 0 Å². The molecule has 0 saturated carbocycles. The third kappa shape index (κ3) is 10.4. The number of rotatable bonds is 3. The lowest BCUT2D eigenvalue weighted by Gasteiger charge is -2.14. The molecule has 0 spiro atoms. The molecule has 1 aliphatic rings. The van der Waals surface area contributed by atoms with E-state index in [1.54, 1.807) is 5.57 Å². The summed E-state index contributed by atoms with van der Waals surface area (Å²) in [5.41, 5.74) is 3.03. The molecule has 2 atom stereocenters. The number of hydrogen-bond acceptors (Lipinski definition) is 0. The van der Waals surface area contributed by atoms with E-state index in [4.69, 9.17) is 0 Å². The van der Waals surface area contributed by atoms with Crippen LogP contribution in [0, 0.1) is 11.8 Å². The molecule has 0 radical (unpaired) electrons. The van der Waals surface area contributed by atoms with Crippen LogP contribution in [-0.2, 0) is 0 Å². The van der Waals surface area contributed by atoms with Gasteiger partial charge in [-0.05, 0) is 58.3 Å². The molecule has 0 fully saturated rings. The van der Waals surface area contributed by atoms with Crippen molar-refractivity contribution >= 4 is 0 Å². The average Bonchev–Trinajstić information content (AvgIpc) is 2.30. The summed E-state index contributed by atoms with van der Waals surface area (Å²) in [6.07, 6.45) is 11.3. The van der Waals surface area contributed by atoms with Gasteiger partial charge in [0, 0.05) is 0 Å². The average molecular weight is 236 g/mol. The Bertz CT molecular complexity index is 241. The first-order valence-corrected chi connectivity index (χ1v) is 7.24. The van der Waals surface area contributed by atoms with E-state index in [0.717, 1.165) is 11.8 Å². The zero-order chi connectivity index (χ0) is 13.3. The molecule has 0 heterocycles. The van der Waals surface area contributed by atoms with Crippen molar-refractivity contribution in [2.24, 2.45) is 11.8 Å². The van der Waals surface area contributed by atoms with Crippen LogP contribution in [0.5, 0.6) is 0 Å². The summed E-state index contributed by atoms with van der Waals surface area (Å²) < 4.78 is 0. The molecule has 1 rings (SSSR count). The van der Waals surface area contributed by atoms with Crippen LogP contribution in [0.1, 0.15) is 73.6 Å². The van der Waals surface area contributed by atoms with Crippen LogP contribution in [0.2, 0.25) is 0 Å². The Morgan fingerprint density at radius 2 is 2.12 bits per heavy atom. The maximum atomic E-state index is 2.37. The van der Waals surface area contributed by atoms with Crippen LogP contribution >= 0.6 is 0 Å². The topological polar surface area (TPSA) is 0 Å². The molecule has 0 aromatic carbocycles. The van der Waals surface area contributed by atoms with Crippen molar-refractivity contribution in [1.29, 1.82) is 0 Å². The largest absolute Gasteiger partial charge is 0.0856 e. The first-order valence-electron chi connectivity index (χ1n) is 7.24. The zero-order valence-electron chi connectivity index (χ0n) is 12.8. The van der Waals surface area contributed by atoms with Crippen LogP contribution < -0.4 is 0 Å². The van der Waals surface area contributed by atoms with Crippen LogP contribution in [-0.4, -0.2) is 0 Å². The van der Waals surface area contributed by atoms with Gasteiger partial charge < -0.3 is 0 Å². The van der Waals surface area contributed by atoms with Crippen molar-refractivity contribution in [1.82, 2.24) is 0 Å². The molecule has 0 aliphatic heterocycles. The second kappa shape index (κ2) is 9.50. The van der Waals surface area contributed by atoms with Gasteiger partial charge in [0.25, 0.3) is 0 Å². The van der Waals surface area contributed by atoms with Gasteiger partial charge in [0.2, 0.25) is 0 Å². The lowest BCUT2D eigenvalue weighted by molar-refractivity contribution is 0.514. The van der Waals surface area contributed by atoms with Gasteiger partial charge in [0.05, 0.1) is 0 Å². The summed E-state index contributed by atoms with van der Waals surface area (Å²) in [6.45, 7) is 13.4. The summed E-state index contributed by atoms with van der Waals surface area (Å²) in [7, 11) is 0. The Hall–Kier alpha value is -0.520. The van der Waals surface area contributed by atoms with Crippen LogP contribution in [0.3, 0.4) is 0 Å². The molecule has 100 valence electrons. The molecule has 0 aromatic rings. The highest BCUT2D eigenvalue weighted by Gasteiger charge is 2.05. The van der Waals surface area contributed by atoms with Gasteiger partial charge in [0.15, 0.2) is 0 Å². The van der Waals surface area contributed by atoms with Crippen molar-refractivity contribution in [3.63, 3.8) is 0 Å². The normalized spacial score (nSPS) is 20.8. The van der Waals surface area contributed by atoms with Crippen LogP contribution in [0.25, 0.3) is 0 Å². The van der Waals surface area contributed by atoms with Crippen molar-refractivity contribution < 1.29 is 0 Å². The minimum absolute atomic E-state index is 0.861. The van der Waals surface area contributed by atoms with E-state index in [9.17, 15) is 0 Å². The van der Waals surface area contributed by atoms with E-state index in [2.05, 4.69) is 53.7 Å². The van der Waals surface area contributed by atoms with E-state index in [0.29, 0.717) is 0 Å². The highest BCUT2D eigenvalue weighted by atomic mass is 14.1. The van der Waals surface area contributed by atoms with Crippen LogP contribution in [0.15, 0.2) is 23.3 Å². The Morgan fingerprint density at radius 1 is 1.47 bits per heavy atom. The Balaban J connectivity index is 0.000000302. The first-order chi connectivity index (χ1) is 7.95. The standard InChI is InChI=1S/C9H18.C8H14/c1-5-9(4)7-6-8(2)3;1-7-3-5-8(2)6-4-7/h6,9H,5,7H2,1-4H3;3,8H,4-6H2,1-2H3. The summed E-state index contributed by atoms with van der Waals surface area (Å²) in [6, 6.07) is 0. The summed E-state index contributed by atoms with van der Waals surface area (Å²) in [5, 5.41) is 0. The fourth-order valence-electron chi connectivity index (χ4n) is 1.70. The van der Waals surface area contributed by atoms with Gasteiger partial charge in [-0.1, -0.05) is 50.5 Å². The predicted octanol–water partition coefficient (Wildman–Crippen LogP) is 6.14. The van der Waals surface area contributed by atoms with E-state index >= 15 is 0 Å². The molecule has 0 amide bonds. The van der Waals surface area contributed by atoms with Crippen molar-refractivity contribution in [2.75, 3.05) is 0 Å². The molecular weight excluding hydrogens is 204 g/mol. The lowest BCUT2D eigenvalue weighted by atomic mass is 9.92. The molecule has 2 unspecified atom stereocenters. The van der Waals surface area contributed by atoms with Gasteiger partial charge in [-0.15, -0.1) is 0 Å². The van der Waals surface area contributed by atoms with E-state index in [1.807, 2.05) is 0 Å². The van der Waals surface area contributed by atoms with Gasteiger partial charge in [-0.2, -0.15) is 0 Å². The molecule has 0 bridgehead atoms. The first kappa shape index (κ1) is 16.5. The third-order valence-electron chi connectivity index (χ3n) is 3.53. The number of allylic oxidation sites excluding steroid dienone is 4. The Morgan fingerprint density at radius 3 is 2.47 bits per heavy atom. The van der Waals surface area contributed by atoms with Crippen molar-refractivity contribution in [2.45, 2.75) is 73.6 Å². The molecule has 1 aliphatic carbocycles. The highest BCUT2D eigenvalue weighted by molar-refractivity contribution is 5.02.